The highest BCUT2D eigenvalue weighted by Crippen LogP contribution is 2.23. The van der Waals surface area contributed by atoms with Crippen molar-refractivity contribution >= 4 is 39.1 Å². The number of nitrogens with zero attached hydrogens (tertiary/aromatic N) is 1. The Bertz CT molecular complexity index is 422. The van der Waals surface area contributed by atoms with Gasteiger partial charge in [0.2, 0.25) is 5.91 Å². The van der Waals surface area contributed by atoms with E-state index in [1.807, 2.05) is 0 Å². The van der Waals surface area contributed by atoms with Gasteiger partial charge in [-0.05, 0) is 34.8 Å². The highest BCUT2D eigenvalue weighted by atomic mass is 79.9. The van der Waals surface area contributed by atoms with E-state index in [0.29, 0.717) is 21.7 Å². The molecule has 1 aliphatic heterocycles. The van der Waals surface area contributed by atoms with E-state index < -0.39 is 0 Å². The highest BCUT2D eigenvalue weighted by molar-refractivity contribution is 9.10. The number of carbonyl (C=O) groups excluding carboxylic acids is 1. The maximum Gasteiger partial charge on any atom is 0.227 e. The lowest BCUT2D eigenvalue weighted by Gasteiger charge is -2.09. The van der Waals surface area contributed by atoms with Gasteiger partial charge in [-0.2, -0.15) is 0 Å². The lowest BCUT2D eigenvalue weighted by Crippen LogP contribution is -2.19. The van der Waals surface area contributed by atoms with E-state index in [4.69, 9.17) is 16.3 Å². The van der Waals surface area contributed by atoms with Gasteiger partial charge >= 0.3 is 0 Å². The van der Waals surface area contributed by atoms with Crippen LogP contribution in [0.15, 0.2) is 16.7 Å². The topological polar surface area (TPSA) is 51.2 Å². The van der Waals surface area contributed by atoms with Crippen LogP contribution < -0.4 is 5.32 Å². The maximum absolute atomic E-state index is 11.7. The third-order valence-corrected chi connectivity index (χ3v) is 3.65. The van der Waals surface area contributed by atoms with Crippen LogP contribution in [0.25, 0.3) is 0 Å². The van der Waals surface area contributed by atoms with E-state index in [1.54, 1.807) is 6.07 Å². The normalized spacial score (nSPS) is 19.3. The third-order valence-electron chi connectivity index (χ3n) is 2.52. The van der Waals surface area contributed by atoms with E-state index >= 15 is 0 Å². The zero-order chi connectivity index (χ0) is 12.3. The van der Waals surface area contributed by atoms with E-state index in [9.17, 15) is 4.79 Å². The molecule has 0 radical (unpaired) electrons. The second kappa shape index (κ2) is 5.80. The molecule has 6 heteroatoms. The summed E-state index contributed by atoms with van der Waals surface area (Å²) in [7, 11) is 0. The van der Waals surface area contributed by atoms with Crippen molar-refractivity contribution in [3.63, 3.8) is 0 Å². The van der Waals surface area contributed by atoms with Crippen molar-refractivity contribution in [2.75, 3.05) is 11.9 Å². The molecule has 1 atom stereocenters. The van der Waals surface area contributed by atoms with Crippen LogP contribution in [0, 0.1) is 0 Å². The number of halogens is 2. The minimum absolute atomic E-state index is 0.0544. The van der Waals surface area contributed by atoms with Crippen LogP contribution in [-0.2, 0) is 9.53 Å². The van der Waals surface area contributed by atoms with E-state index in [2.05, 4.69) is 26.2 Å². The van der Waals surface area contributed by atoms with Crippen molar-refractivity contribution in [2.24, 2.45) is 0 Å². The van der Waals surface area contributed by atoms with Gasteiger partial charge in [-0.15, -0.1) is 0 Å². The number of hydrogen-bond acceptors (Lipinski definition) is 3. The Balaban J connectivity index is 1.90. The summed E-state index contributed by atoms with van der Waals surface area (Å²) in [5.74, 6) is -0.0621. The van der Waals surface area contributed by atoms with Crippen molar-refractivity contribution < 1.29 is 9.53 Å². The van der Waals surface area contributed by atoms with Crippen molar-refractivity contribution in [1.29, 1.82) is 0 Å². The quantitative estimate of drug-likeness (QED) is 0.871. The number of ether oxygens (including phenoxy) is 1. The predicted molar refractivity (Wildman–Crippen MR) is 69.2 cm³/mol. The first-order valence-electron chi connectivity index (χ1n) is 5.37. The molecule has 4 nitrogen and oxygen atoms in total. The first-order valence-corrected chi connectivity index (χ1v) is 6.55. The standard InChI is InChI=1S/C11H12BrClN2O2/c12-9-4-7(6-14-11(9)13)15-10(16)5-8-2-1-3-17-8/h4,6,8H,1-3,5H2,(H,15,16). The number of nitrogens with one attached hydrogen (secondary N) is 1. The van der Waals surface area contributed by atoms with Crippen LogP contribution in [-0.4, -0.2) is 23.6 Å². The van der Waals surface area contributed by atoms with Crippen LogP contribution in [0.2, 0.25) is 5.15 Å². The number of rotatable bonds is 3. The highest BCUT2D eigenvalue weighted by Gasteiger charge is 2.19. The largest absolute Gasteiger partial charge is 0.378 e. The molecule has 0 spiro atoms. The Hall–Kier alpha value is -0.650. The smallest absolute Gasteiger partial charge is 0.227 e. The lowest BCUT2D eigenvalue weighted by molar-refractivity contribution is -0.118. The Morgan fingerprint density at radius 1 is 1.71 bits per heavy atom. The van der Waals surface area contributed by atoms with Crippen LogP contribution in [0.4, 0.5) is 5.69 Å². The number of anilines is 1. The Morgan fingerprint density at radius 3 is 3.18 bits per heavy atom. The SMILES string of the molecule is O=C(CC1CCCO1)Nc1cnc(Cl)c(Br)c1. The van der Waals surface area contributed by atoms with Crippen LogP contribution in [0.3, 0.4) is 0 Å². The summed E-state index contributed by atoms with van der Waals surface area (Å²) >= 11 is 9.02. The average Bonchev–Trinajstić information content (AvgIpc) is 2.76. The lowest BCUT2D eigenvalue weighted by atomic mass is 10.2. The first-order chi connectivity index (χ1) is 8.15. The van der Waals surface area contributed by atoms with E-state index in [-0.39, 0.29) is 12.0 Å². The van der Waals surface area contributed by atoms with Crippen LogP contribution >= 0.6 is 27.5 Å². The summed E-state index contributed by atoms with van der Waals surface area (Å²) in [5, 5.41) is 3.14. The minimum atomic E-state index is -0.0621. The van der Waals surface area contributed by atoms with Crippen molar-refractivity contribution in [3.05, 3.63) is 21.9 Å². The molecule has 1 saturated heterocycles. The zero-order valence-corrected chi connectivity index (χ0v) is 11.4. The van der Waals surface area contributed by atoms with Crippen molar-refractivity contribution in [2.45, 2.75) is 25.4 Å². The molecule has 1 aliphatic rings. The Kier molecular flexibility index (Phi) is 4.36. The molecule has 1 fully saturated rings. The summed E-state index contributed by atoms with van der Waals surface area (Å²) in [6.07, 6.45) is 3.96. The monoisotopic (exact) mass is 318 g/mol. The molecule has 1 unspecified atom stereocenters. The van der Waals surface area contributed by atoms with Gasteiger partial charge in [0, 0.05) is 6.61 Å². The third kappa shape index (κ3) is 3.66. The molecular weight excluding hydrogens is 307 g/mol. The summed E-state index contributed by atoms with van der Waals surface area (Å²) in [5.41, 5.74) is 0.629. The Labute approximate surface area is 113 Å². The van der Waals surface area contributed by atoms with Crippen molar-refractivity contribution in [3.8, 4) is 0 Å². The van der Waals surface area contributed by atoms with Gasteiger partial charge in [0.05, 0.1) is 28.9 Å². The fourth-order valence-electron chi connectivity index (χ4n) is 1.71. The van der Waals surface area contributed by atoms with E-state index in [1.165, 1.54) is 6.20 Å². The molecule has 1 aromatic rings. The molecule has 0 aromatic carbocycles. The molecule has 1 amide bonds. The minimum Gasteiger partial charge on any atom is -0.378 e. The summed E-state index contributed by atoms with van der Waals surface area (Å²) in [6.45, 7) is 0.756. The Morgan fingerprint density at radius 2 is 2.53 bits per heavy atom. The molecule has 17 heavy (non-hydrogen) atoms. The number of carbonyl (C=O) groups is 1. The maximum atomic E-state index is 11.7. The molecule has 92 valence electrons. The van der Waals surface area contributed by atoms with Crippen LogP contribution in [0.1, 0.15) is 19.3 Å². The molecule has 2 heterocycles. The van der Waals surface area contributed by atoms with Crippen molar-refractivity contribution in [1.82, 2.24) is 4.98 Å². The predicted octanol–water partition coefficient (Wildman–Crippen LogP) is 3.01. The molecule has 0 saturated carbocycles. The second-order valence-corrected chi connectivity index (χ2v) is 5.10. The summed E-state index contributed by atoms with van der Waals surface area (Å²) < 4.78 is 6.06. The van der Waals surface area contributed by atoms with Gasteiger partial charge < -0.3 is 10.1 Å². The van der Waals surface area contributed by atoms with Gasteiger partial charge in [0.15, 0.2) is 0 Å². The van der Waals surface area contributed by atoms with Gasteiger partial charge in [-0.1, -0.05) is 11.6 Å². The first kappa shape index (κ1) is 12.8. The number of amides is 1. The molecule has 1 N–H and O–H groups in total. The molecule has 0 aliphatic carbocycles. The van der Waals surface area contributed by atoms with Gasteiger partial charge in [-0.25, -0.2) is 4.98 Å². The number of hydrogen-bond donors (Lipinski definition) is 1. The second-order valence-electron chi connectivity index (χ2n) is 3.88. The number of aromatic nitrogens is 1. The van der Waals surface area contributed by atoms with Crippen LogP contribution in [0.5, 0.6) is 0 Å². The molecule has 2 rings (SSSR count). The molecule has 1 aromatic heterocycles. The average molecular weight is 320 g/mol. The summed E-state index contributed by atoms with van der Waals surface area (Å²) in [4.78, 5) is 15.6. The number of pyridine rings is 1. The van der Waals surface area contributed by atoms with Gasteiger partial charge in [0.1, 0.15) is 5.15 Å². The summed E-state index contributed by atoms with van der Waals surface area (Å²) in [6, 6.07) is 1.72. The van der Waals surface area contributed by atoms with Gasteiger partial charge in [-0.3, -0.25) is 4.79 Å². The van der Waals surface area contributed by atoms with E-state index in [0.717, 1.165) is 19.4 Å². The van der Waals surface area contributed by atoms with Gasteiger partial charge in [0.25, 0.3) is 0 Å². The zero-order valence-electron chi connectivity index (χ0n) is 9.08. The molecule has 0 bridgehead atoms. The molecular formula is C11H12BrClN2O2. The fraction of sp³-hybridized carbons (Fsp3) is 0.455. The fourth-order valence-corrected chi connectivity index (χ4v) is 2.17.